The average molecular weight is 480 g/mol. The highest BCUT2D eigenvalue weighted by atomic mass is 32.1. The lowest BCUT2D eigenvalue weighted by Gasteiger charge is -2.32. The summed E-state index contributed by atoms with van der Waals surface area (Å²) in [4.78, 5) is 11.5. The van der Waals surface area contributed by atoms with Crippen LogP contribution < -0.4 is 20.3 Å². The smallest absolute Gasteiger partial charge is 0.234 e. The van der Waals surface area contributed by atoms with Gasteiger partial charge in [0.05, 0.1) is 0 Å². The molecule has 1 atom stereocenters. The Morgan fingerprint density at radius 1 is 1.15 bits per heavy atom. The van der Waals surface area contributed by atoms with E-state index in [4.69, 9.17) is 21.9 Å². The highest BCUT2D eigenvalue weighted by Crippen LogP contribution is 2.27. The van der Waals surface area contributed by atoms with E-state index in [9.17, 15) is 4.39 Å². The summed E-state index contributed by atoms with van der Waals surface area (Å²) < 4.78 is 19.0. The lowest BCUT2D eigenvalue weighted by molar-refractivity contribution is 0.440. The number of hydrogen-bond acceptors (Lipinski definition) is 5. The summed E-state index contributed by atoms with van der Waals surface area (Å²) in [5, 5.41) is 6.76. The van der Waals surface area contributed by atoms with Gasteiger partial charge in [0.1, 0.15) is 17.4 Å². The second-order valence-electron chi connectivity index (χ2n) is 8.61. The predicted molar refractivity (Wildman–Crippen MR) is 138 cm³/mol. The van der Waals surface area contributed by atoms with Crippen LogP contribution in [0.15, 0.2) is 60.7 Å². The first-order valence-corrected chi connectivity index (χ1v) is 12.1. The number of halogens is 1. The maximum atomic E-state index is 13.0. The third-order valence-corrected chi connectivity index (χ3v) is 5.95. The summed E-state index contributed by atoms with van der Waals surface area (Å²) in [7, 11) is 0. The molecular weight excluding hydrogens is 449 g/mol. The minimum atomic E-state index is -0.218. The molecule has 2 aromatic carbocycles. The molecule has 0 amide bonds. The summed E-state index contributed by atoms with van der Waals surface area (Å²) >= 11 is 5.47. The van der Waals surface area contributed by atoms with E-state index < -0.39 is 0 Å². The maximum Gasteiger partial charge on any atom is 0.234 e. The van der Waals surface area contributed by atoms with E-state index in [1.807, 2.05) is 36.4 Å². The van der Waals surface area contributed by atoms with Gasteiger partial charge in [0.15, 0.2) is 5.11 Å². The number of para-hydroxylation sites is 1. The molecule has 6 nitrogen and oxygen atoms in total. The van der Waals surface area contributed by atoms with Crippen molar-refractivity contribution in [2.45, 2.75) is 32.6 Å². The number of hydrogen-bond donors (Lipinski definition) is 2. The standard InChI is InChI=1S/C26H30FN5OS/c1-19-7-6-16-32(18-19)23-17-24(33-22-9-3-2-4-10-22)30-25(29-23)31-26(34)28-15-5-8-20-11-13-21(27)14-12-20/h2-4,9-14,17,19H,5-8,15-16,18H2,1H3,(H2,28,29,30,31,34). The number of nitrogens with zero attached hydrogens (tertiary/aromatic N) is 3. The van der Waals surface area contributed by atoms with Crippen LogP contribution in [0, 0.1) is 11.7 Å². The number of aromatic nitrogens is 2. The minimum absolute atomic E-state index is 0.218. The normalized spacial score (nSPS) is 15.6. The number of benzene rings is 2. The van der Waals surface area contributed by atoms with Crippen LogP contribution in [0.3, 0.4) is 0 Å². The van der Waals surface area contributed by atoms with Gasteiger partial charge in [0, 0.05) is 25.7 Å². The quantitative estimate of drug-likeness (QED) is 0.324. The molecule has 0 saturated carbocycles. The zero-order valence-electron chi connectivity index (χ0n) is 19.3. The molecule has 1 aromatic heterocycles. The first kappa shape index (κ1) is 23.9. The van der Waals surface area contributed by atoms with Gasteiger partial charge in [-0.2, -0.15) is 9.97 Å². The maximum absolute atomic E-state index is 13.0. The molecule has 1 saturated heterocycles. The van der Waals surface area contributed by atoms with Gasteiger partial charge in [0.2, 0.25) is 11.8 Å². The average Bonchev–Trinajstić information content (AvgIpc) is 2.83. The Labute approximate surface area is 205 Å². The van der Waals surface area contributed by atoms with Crippen molar-refractivity contribution >= 4 is 29.1 Å². The fraction of sp³-hybridized carbons (Fsp3) is 0.346. The Bertz CT molecular complexity index is 1080. The molecule has 1 aliphatic heterocycles. The number of anilines is 2. The molecule has 4 rings (SSSR count). The van der Waals surface area contributed by atoms with Gasteiger partial charge in [-0.3, -0.25) is 0 Å². The van der Waals surface area contributed by atoms with Crippen LogP contribution in [0.5, 0.6) is 11.6 Å². The van der Waals surface area contributed by atoms with Crippen molar-refractivity contribution in [3.8, 4) is 11.6 Å². The predicted octanol–water partition coefficient (Wildman–Crippen LogP) is 5.56. The van der Waals surface area contributed by atoms with E-state index in [-0.39, 0.29) is 5.82 Å². The zero-order valence-corrected chi connectivity index (χ0v) is 20.2. The molecule has 8 heteroatoms. The van der Waals surface area contributed by atoms with Crippen LogP contribution in [0.25, 0.3) is 0 Å². The second-order valence-corrected chi connectivity index (χ2v) is 9.02. The zero-order chi connectivity index (χ0) is 23.8. The molecule has 0 bridgehead atoms. The molecule has 2 N–H and O–H groups in total. The van der Waals surface area contributed by atoms with Crippen molar-refractivity contribution in [3.63, 3.8) is 0 Å². The third-order valence-electron chi connectivity index (χ3n) is 5.70. The monoisotopic (exact) mass is 479 g/mol. The molecule has 1 unspecified atom stereocenters. The van der Waals surface area contributed by atoms with Crippen LogP contribution in [0.1, 0.15) is 31.7 Å². The summed E-state index contributed by atoms with van der Waals surface area (Å²) in [5.41, 5.74) is 1.09. The first-order valence-electron chi connectivity index (χ1n) is 11.7. The molecule has 0 radical (unpaired) electrons. The van der Waals surface area contributed by atoms with Gasteiger partial charge in [0.25, 0.3) is 0 Å². The van der Waals surface area contributed by atoms with E-state index in [2.05, 4.69) is 27.4 Å². The summed E-state index contributed by atoms with van der Waals surface area (Å²) in [6.45, 7) is 4.85. The van der Waals surface area contributed by atoms with E-state index in [1.54, 1.807) is 12.1 Å². The van der Waals surface area contributed by atoms with Crippen molar-refractivity contribution in [1.82, 2.24) is 15.3 Å². The van der Waals surface area contributed by atoms with Crippen molar-refractivity contribution in [3.05, 3.63) is 72.0 Å². The number of rotatable bonds is 8. The molecule has 3 aromatic rings. The summed E-state index contributed by atoms with van der Waals surface area (Å²) in [6, 6.07) is 18.0. The summed E-state index contributed by atoms with van der Waals surface area (Å²) in [6.07, 6.45) is 4.06. The van der Waals surface area contributed by atoms with E-state index in [1.165, 1.54) is 18.6 Å². The number of thiocarbonyl (C=S) groups is 1. The fourth-order valence-corrected chi connectivity index (χ4v) is 4.17. The SMILES string of the molecule is CC1CCCN(c2cc(Oc3ccccc3)nc(NC(=S)NCCCc3ccc(F)cc3)n2)C1. The number of nitrogens with one attached hydrogen (secondary N) is 2. The number of piperidine rings is 1. The minimum Gasteiger partial charge on any atom is -0.439 e. The van der Waals surface area contributed by atoms with Crippen molar-refractivity contribution in [2.75, 3.05) is 29.9 Å². The van der Waals surface area contributed by atoms with Crippen LogP contribution in [0.4, 0.5) is 16.2 Å². The van der Waals surface area contributed by atoms with Gasteiger partial charge < -0.3 is 20.3 Å². The van der Waals surface area contributed by atoms with Gasteiger partial charge in [-0.15, -0.1) is 0 Å². The van der Waals surface area contributed by atoms with Gasteiger partial charge >= 0.3 is 0 Å². The topological polar surface area (TPSA) is 62.3 Å². The Kier molecular flexibility index (Phi) is 8.25. The highest BCUT2D eigenvalue weighted by Gasteiger charge is 2.20. The van der Waals surface area contributed by atoms with Gasteiger partial charge in [-0.05, 0) is 73.6 Å². The van der Waals surface area contributed by atoms with Crippen molar-refractivity contribution in [1.29, 1.82) is 0 Å². The lowest BCUT2D eigenvalue weighted by atomic mass is 10.0. The van der Waals surface area contributed by atoms with E-state index in [0.717, 1.165) is 43.7 Å². The van der Waals surface area contributed by atoms with Crippen molar-refractivity contribution in [2.24, 2.45) is 5.92 Å². The second kappa shape index (κ2) is 11.7. The highest BCUT2D eigenvalue weighted by molar-refractivity contribution is 7.80. The molecule has 0 aliphatic carbocycles. The molecule has 34 heavy (non-hydrogen) atoms. The van der Waals surface area contributed by atoms with E-state index >= 15 is 0 Å². The van der Waals surface area contributed by atoms with Gasteiger partial charge in [-0.1, -0.05) is 37.3 Å². The Morgan fingerprint density at radius 2 is 1.94 bits per heavy atom. The fourth-order valence-electron chi connectivity index (χ4n) is 3.98. The third kappa shape index (κ3) is 7.12. The van der Waals surface area contributed by atoms with Crippen LogP contribution in [0.2, 0.25) is 0 Å². The molecule has 0 spiro atoms. The van der Waals surface area contributed by atoms with Crippen LogP contribution in [-0.4, -0.2) is 34.7 Å². The number of aryl methyl sites for hydroxylation is 1. The summed E-state index contributed by atoms with van der Waals surface area (Å²) in [5.74, 6) is 2.81. The molecular formula is C26H30FN5OS. The van der Waals surface area contributed by atoms with Gasteiger partial charge in [-0.25, -0.2) is 4.39 Å². The molecule has 1 aliphatic rings. The van der Waals surface area contributed by atoms with Crippen LogP contribution in [-0.2, 0) is 6.42 Å². The van der Waals surface area contributed by atoms with Crippen molar-refractivity contribution < 1.29 is 9.13 Å². The Morgan fingerprint density at radius 3 is 2.71 bits per heavy atom. The van der Waals surface area contributed by atoms with Crippen LogP contribution >= 0.6 is 12.2 Å². The lowest BCUT2D eigenvalue weighted by Crippen LogP contribution is -2.35. The molecule has 1 fully saturated rings. The molecule has 178 valence electrons. The largest absolute Gasteiger partial charge is 0.439 e. The molecule has 2 heterocycles. The Balaban J connectivity index is 1.39. The number of ether oxygens (including phenoxy) is 1. The van der Waals surface area contributed by atoms with E-state index in [0.29, 0.717) is 35.2 Å². The Hall–Kier alpha value is -3.26. The first-order chi connectivity index (χ1) is 16.5.